The first-order valence-electron chi connectivity index (χ1n) is 10.7. The van der Waals surface area contributed by atoms with Crippen molar-refractivity contribution in [2.24, 2.45) is 0 Å². The summed E-state index contributed by atoms with van der Waals surface area (Å²) in [6, 6.07) is 7.86. The van der Waals surface area contributed by atoms with Crippen LogP contribution in [0.1, 0.15) is 40.7 Å². The Morgan fingerprint density at radius 3 is 2.34 bits per heavy atom. The molecule has 0 saturated carbocycles. The lowest BCUT2D eigenvalue weighted by Crippen LogP contribution is -2.31. The highest BCUT2D eigenvalue weighted by Gasteiger charge is 2.40. The highest BCUT2D eigenvalue weighted by molar-refractivity contribution is 5.75. The quantitative estimate of drug-likeness (QED) is 0.241. The number of hydrogen-bond acceptors (Lipinski definition) is 10. The van der Waals surface area contributed by atoms with Gasteiger partial charge < -0.3 is 44.8 Å². The molecule has 0 amide bonds. The van der Waals surface area contributed by atoms with Gasteiger partial charge in [-0.1, -0.05) is 6.07 Å². The lowest BCUT2D eigenvalue weighted by atomic mass is 9.81. The summed E-state index contributed by atoms with van der Waals surface area (Å²) in [5.41, 5.74) is 1.44. The number of rotatable bonds is 3. The summed E-state index contributed by atoms with van der Waals surface area (Å²) < 4.78 is 16.9. The van der Waals surface area contributed by atoms with E-state index in [4.69, 9.17) is 14.2 Å². The van der Waals surface area contributed by atoms with Crippen LogP contribution in [-0.2, 0) is 16.0 Å². The second kappa shape index (κ2) is 8.17. The number of hydrogen-bond donors (Lipinski definition) is 6. The lowest BCUT2D eigenvalue weighted by molar-refractivity contribution is -0.140. The molecule has 0 radical (unpaired) electrons. The van der Waals surface area contributed by atoms with E-state index in [1.165, 1.54) is 43.5 Å². The molecule has 182 valence electrons. The molecule has 6 N–H and O–H groups in total. The third-order valence-corrected chi connectivity index (χ3v) is 6.35. The van der Waals surface area contributed by atoms with Crippen molar-refractivity contribution in [1.29, 1.82) is 0 Å². The van der Waals surface area contributed by atoms with E-state index >= 15 is 0 Å². The van der Waals surface area contributed by atoms with Crippen LogP contribution in [0.4, 0.5) is 0 Å². The largest absolute Gasteiger partial charge is 0.507 e. The maximum atomic E-state index is 12.3. The van der Waals surface area contributed by atoms with Gasteiger partial charge in [0.15, 0.2) is 23.0 Å². The van der Waals surface area contributed by atoms with E-state index in [2.05, 4.69) is 0 Å². The number of methoxy groups -OCH3 is 1. The van der Waals surface area contributed by atoms with Crippen LogP contribution < -0.4 is 9.47 Å². The molecule has 5 rings (SSSR count). The topological polar surface area (TPSA) is 166 Å². The number of phenolic OH excluding ortho intramolecular Hbond substituents is 5. The van der Waals surface area contributed by atoms with E-state index in [0.29, 0.717) is 22.3 Å². The van der Waals surface area contributed by atoms with Crippen LogP contribution in [0.5, 0.6) is 46.0 Å². The van der Waals surface area contributed by atoms with Crippen molar-refractivity contribution in [2.45, 2.75) is 31.0 Å². The van der Waals surface area contributed by atoms with Crippen molar-refractivity contribution in [1.82, 2.24) is 0 Å². The van der Waals surface area contributed by atoms with E-state index < -0.39 is 41.3 Å². The van der Waals surface area contributed by atoms with E-state index in [9.17, 15) is 35.4 Å². The van der Waals surface area contributed by atoms with Crippen molar-refractivity contribution in [3.8, 4) is 46.0 Å². The van der Waals surface area contributed by atoms with E-state index in [0.717, 1.165) is 0 Å². The van der Waals surface area contributed by atoms with Gasteiger partial charge in [0.1, 0.15) is 29.1 Å². The molecule has 0 aliphatic carbocycles. The predicted octanol–water partition coefficient (Wildman–Crippen LogP) is 3.05. The minimum atomic E-state index is -1.10. The Balaban J connectivity index is 1.68. The molecule has 0 unspecified atom stereocenters. The van der Waals surface area contributed by atoms with Gasteiger partial charge in [-0.15, -0.1) is 0 Å². The van der Waals surface area contributed by atoms with Gasteiger partial charge in [-0.25, -0.2) is 0 Å². The normalized spacial score (nSPS) is 20.0. The first-order valence-corrected chi connectivity index (χ1v) is 10.7. The molecule has 10 heteroatoms. The van der Waals surface area contributed by atoms with Gasteiger partial charge in [-0.3, -0.25) is 4.79 Å². The van der Waals surface area contributed by atoms with Crippen LogP contribution in [0.2, 0.25) is 0 Å². The minimum absolute atomic E-state index is 0.0145. The van der Waals surface area contributed by atoms with Crippen LogP contribution in [0.25, 0.3) is 0 Å². The molecular weight excluding hydrogens is 460 g/mol. The predicted molar refractivity (Wildman–Crippen MR) is 119 cm³/mol. The van der Waals surface area contributed by atoms with Crippen LogP contribution >= 0.6 is 0 Å². The Bertz CT molecular complexity index is 1350. The number of ether oxygens (including phenoxy) is 3. The Morgan fingerprint density at radius 1 is 0.943 bits per heavy atom. The molecule has 0 bridgehead atoms. The first-order chi connectivity index (χ1) is 16.7. The summed E-state index contributed by atoms with van der Waals surface area (Å²) in [6.45, 7) is 0. The van der Waals surface area contributed by atoms with Crippen molar-refractivity contribution in [3.05, 3.63) is 58.7 Å². The maximum Gasteiger partial charge on any atom is 0.306 e. The molecule has 0 fully saturated rings. The number of carbonyl (C=O) groups is 1. The third-order valence-electron chi connectivity index (χ3n) is 6.35. The number of aliphatic hydroxyl groups is 1. The number of carbonyl (C=O) groups excluding carboxylic acids is 1. The molecule has 35 heavy (non-hydrogen) atoms. The highest BCUT2D eigenvalue weighted by atomic mass is 16.5. The Kier molecular flexibility index (Phi) is 5.25. The fraction of sp³-hybridized carbons (Fsp3) is 0.240. The van der Waals surface area contributed by atoms with Crippen LogP contribution in [-0.4, -0.2) is 49.8 Å². The molecule has 0 spiro atoms. The fourth-order valence-corrected chi connectivity index (χ4v) is 4.63. The number of fused-ring (bicyclic) bond motifs is 4. The van der Waals surface area contributed by atoms with E-state index in [1.807, 2.05) is 0 Å². The van der Waals surface area contributed by atoms with Gasteiger partial charge in [0.25, 0.3) is 0 Å². The summed E-state index contributed by atoms with van der Waals surface area (Å²) in [5, 5.41) is 61.1. The van der Waals surface area contributed by atoms with Crippen LogP contribution in [0.15, 0.2) is 36.4 Å². The van der Waals surface area contributed by atoms with Crippen molar-refractivity contribution in [2.75, 3.05) is 7.11 Å². The zero-order valence-corrected chi connectivity index (χ0v) is 18.4. The van der Waals surface area contributed by atoms with Gasteiger partial charge >= 0.3 is 5.97 Å². The summed E-state index contributed by atoms with van der Waals surface area (Å²) in [6.07, 6.45) is -2.27. The lowest BCUT2D eigenvalue weighted by Gasteiger charge is -2.36. The number of aliphatic hydroxyl groups excluding tert-OH is 1. The number of phenols is 5. The molecule has 10 nitrogen and oxygen atoms in total. The van der Waals surface area contributed by atoms with Gasteiger partial charge in [-0.05, 0) is 23.8 Å². The summed E-state index contributed by atoms with van der Waals surface area (Å²) in [5.74, 6) is -2.54. The molecule has 2 heterocycles. The second-order valence-corrected chi connectivity index (χ2v) is 8.49. The molecular formula is C25H22O10. The molecule has 0 saturated heterocycles. The summed E-state index contributed by atoms with van der Waals surface area (Å²) >= 11 is 0. The molecule has 3 aromatic rings. The summed E-state index contributed by atoms with van der Waals surface area (Å²) in [4.78, 5) is 12.3. The fourth-order valence-electron chi connectivity index (χ4n) is 4.63. The van der Waals surface area contributed by atoms with Crippen LogP contribution in [0, 0.1) is 0 Å². The summed E-state index contributed by atoms with van der Waals surface area (Å²) in [7, 11) is 1.24. The Hall–Kier alpha value is -4.31. The molecule has 0 aromatic heterocycles. The van der Waals surface area contributed by atoms with Gasteiger partial charge in [-0.2, -0.15) is 0 Å². The second-order valence-electron chi connectivity index (χ2n) is 8.49. The average Bonchev–Trinajstić information content (AvgIpc) is 2.82. The first kappa shape index (κ1) is 22.5. The standard InChI is InChI=1S/C25H22O10/c1-33-22(32)7-12-11-5-17(29)18(30)9-20(11)34-21-8-15(27)13-6-19(31)24(35-25(13)23(12)21)10-2-3-14(26)16(28)4-10/h2-5,8-9,12,19,24,26-31H,6-7H2,1H3/t12-,19+,24-/m1/s1. The number of benzene rings is 3. The molecule has 3 atom stereocenters. The average molecular weight is 482 g/mol. The van der Waals surface area contributed by atoms with Gasteiger partial charge in [0, 0.05) is 41.2 Å². The smallest absolute Gasteiger partial charge is 0.306 e. The highest BCUT2D eigenvalue weighted by Crippen LogP contribution is 2.56. The Labute approximate surface area is 198 Å². The van der Waals surface area contributed by atoms with Crippen molar-refractivity contribution >= 4 is 5.97 Å². The zero-order chi connectivity index (χ0) is 25.0. The van der Waals surface area contributed by atoms with E-state index in [1.54, 1.807) is 0 Å². The number of esters is 1. The van der Waals surface area contributed by atoms with Crippen LogP contribution in [0.3, 0.4) is 0 Å². The van der Waals surface area contributed by atoms with Crippen molar-refractivity contribution < 1.29 is 49.6 Å². The Morgan fingerprint density at radius 2 is 1.63 bits per heavy atom. The third kappa shape index (κ3) is 3.68. The zero-order valence-electron chi connectivity index (χ0n) is 18.4. The SMILES string of the molecule is COC(=O)C[C@@H]1c2cc(O)c(O)cc2Oc2cc(O)c3c(c21)O[C@H](c1ccc(O)c(O)c1)[C@@H](O)C3. The van der Waals surface area contributed by atoms with Crippen molar-refractivity contribution in [3.63, 3.8) is 0 Å². The van der Waals surface area contributed by atoms with Gasteiger partial charge in [0.05, 0.1) is 19.6 Å². The minimum Gasteiger partial charge on any atom is -0.507 e. The molecule has 2 aliphatic rings. The number of aromatic hydroxyl groups is 5. The monoisotopic (exact) mass is 482 g/mol. The molecule has 3 aromatic carbocycles. The maximum absolute atomic E-state index is 12.3. The van der Waals surface area contributed by atoms with Gasteiger partial charge in [0.2, 0.25) is 0 Å². The van der Waals surface area contributed by atoms with E-state index in [-0.39, 0.29) is 41.6 Å². The molecule has 2 aliphatic heterocycles.